The fourth-order valence-corrected chi connectivity index (χ4v) is 5.15. The molecular formula is C20H18ClFN2O4S2. The molecule has 0 aliphatic rings. The predicted octanol–water partition coefficient (Wildman–Crippen LogP) is 4.10. The summed E-state index contributed by atoms with van der Waals surface area (Å²) in [4.78, 5) is -0.193. The largest absolute Gasteiger partial charge is 0.280 e. The lowest BCUT2D eigenvalue weighted by Crippen LogP contribution is -2.26. The number of benzene rings is 3. The third kappa shape index (κ3) is 4.99. The molecule has 0 amide bonds. The molecule has 0 aromatic heterocycles. The highest BCUT2D eigenvalue weighted by atomic mass is 35.5. The second kappa shape index (κ2) is 8.73. The SMILES string of the molecule is CN(Cc1ccccc1)S(=O)(=O)c1ccc(NS(=O)(=O)c2ccc(F)c(Cl)c2)cc1. The molecule has 0 spiro atoms. The summed E-state index contributed by atoms with van der Waals surface area (Å²) < 4.78 is 67.2. The quantitative estimate of drug-likeness (QED) is 0.565. The van der Waals surface area contributed by atoms with Crippen molar-refractivity contribution in [3.8, 4) is 0 Å². The van der Waals surface area contributed by atoms with E-state index in [1.165, 1.54) is 35.6 Å². The first-order valence-corrected chi connectivity index (χ1v) is 12.0. The lowest BCUT2D eigenvalue weighted by atomic mass is 10.2. The van der Waals surface area contributed by atoms with Crippen LogP contribution in [-0.2, 0) is 26.6 Å². The zero-order valence-electron chi connectivity index (χ0n) is 15.8. The van der Waals surface area contributed by atoms with E-state index in [0.29, 0.717) is 0 Å². The van der Waals surface area contributed by atoms with Crippen molar-refractivity contribution in [1.82, 2.24) is 4.31 Å². The second-order valence-corrected chi connectivity index (χ2v) is 10.6. The van der Waals surface area contributed by atoms with Gasteiger partial charge in [-0.1, -0.05) is 41.9 Å². The smallest absolute Gasteiger partial charge is 0.261 e. The molecule has 10 heteroatoms. The number of halogens is 2. The maximum atomic E-state index is 13.3. The Morgan fingerprint density at radius 2 is 1.50 bits per heavy atom. The van der Waals surface area contributed by atoms with Crippen LogP contribution in [-0.4, -0.2) is 28.2 Å². The van der Waals surface area contributed by atoms with E-state index >= 15 is 0 Å². The molecule has 6 nitrogen and oxygen atoms in total. The molecule has 0 aliphatic heterocycles. The minimum absolute atomic E-state index is 0.0219. The van der Waals surface area contributed by atoms with Crippen molar-refractivity contribution in [2.45, 2.75) is 16.3 Å². The highest BCUT2D eigenvalue weighted by Crippen LogP contribution is 2.23. The Morgan fingerprint density at radius 1 is 0.900 bits per heavy atom. The normalized spacial score (nSPS) is 12.1. The van der Waals surface area contributed by atoms with Crippen LogP contribution >= 0.6 is 11.6 Å². The van der Waals surface area contributed by atoms with Crippen molar-refractivity contribution in [1.29, 1.82) is 0 Å². The van der Waals surface area contributed by atoms with E-state index in [4.69, 9.17) is 11.6 Å². The third-order valence-electron chi connectivity index (χ3n) is 4.26. The Morgan fingerprint density at radius 3 is 2.10 bits per heavy atom. The predicted molar refractivity (Wildman–Crippen MR) is 114 cm³/mol. The van der Waals surface area contributed by atoms with Gasteiger partial charge in [0.05, 0.1) is 14.8 Å². The Bertz CT molecular complexity index is 1250. The average Bonchev–Trinajstić information content (AvgIpc) is 2.71. The number of anilines is 1. The van der Waals surface area contributed by atoms with Gasteiger partial charge >= 0.3 is 0 Å². The molecule has 30 heavy (non-hydrogen) atoms. The summed E-state index contributed by atoms with van der Waals surface area (Å²) in [6, 6.07) is 17.5. The molecular weight excluding hydrogens is 451 g/mol. The van der Waals surface area contributed by atoms with E-state index in [9.17, 15) is 21.2 Å². The monoisotopic (exact) mass is 468 g/mol. The van der Waals surface area contributed by atoms with Gasteiger partial charge in [0.1, 0.15) is 5.82 Å². The Hall–Kier alpha value is -2.46. The molecule has 3 rings (SSSR count). The highest BCUT2D eigenvalue weighted by Gasteiger charge is 2.22. The molecule has 0 atom stereocenters. The fourth-order valence-electron chi connectivity index (χ4n) is 2.66. The number of hydrogen-bond acceptors (Lipinski definition) is 4. The minimum Gasteiger partial charge on any atom is -0.280 e. The van der Waals surface area contributed by atoms with Crippen LogP contribution in [0, 0.1) is 5.82 Å². The Labute approximate surface area is 180 Å². The van der Waals surface area contributed by atoms with Gasteiger partial charge in [0, 0.05) is 19.3 Å². The molecule has 0 saturated carbocycles. The molecule has 158 valence electrons. The number of rotatable bonds is 7. The van der Waals surface area contributed by atoms with Crippen LogP contribution < -0.4 is 4.72 Å². The molecule has 0 unspecified atom stereocenters. The lowest BCUT2D eigenvalue weighted by Gasteiger charge is -2.17. The van der Waals surface area contributed by atoms with Crippen molar-refractivity contribution in [3.05, 3.63) is 89.2 Å². The van der Waals surface area contributed by atoms with Crippen LogP contribution in [0.4, 0.5) is 10.1 Å². The van der Waals surface area contributed by atoms with Crippen LogP contribution in [0.2, 0.25) is 5.02 Å². The first kappa shape index (κ1) is 22.2. The molecule has 3 aromatic rings. The summed E-state index contributed by atoms with van der Waals surface area (Å²) in [7, 11) is -6.31. The molecule has 3 aromatic carbocycles. The van der Waals surface area contributed by atoms with Gasteiger partial charge in [-0.2, -0.15) is 4.31 Å². The Balaban J connectivity index is 1.77. The van der Waals surface area contributed by atoms with Crippen molar-refractivity contribution in [2.24, 2.45) is 0 Å². The second-order valence-electron chi connectivity index (χ2n) is 6.45. The van der Waals surface area contributed by atoms with Gasteiger partial charge in [0.2, 0.25) is 10.0 Å². The van der Waals surface area contributed by atoms with Gasteiger partial charge in [-0.15, -0.1) is 0 Å². The lowest BCUT2D eigenvalue weighted by molar-refractivity contribution is 0.467. The molecule has 0 radical (unpaired) electrons. The maximum absolute atomic E-state index is 13.3. The number of sulfonamides is 2. The van der Waals surface area contributed by atoms with Crippen molar-refractivity contribution >= 4 is 37.3 Å². The van der Waals surface area contributed by atoms with Crippen LogP contribution in [0.5, 0.6) is 0 Å². The first-order valence-electron chi connectivity index (χ1n) is 8.68. The molecule has 0 aliphatic carbocycles. The minimum atomic E-state index is -4.02. The van der Waals surface area contributed by atoms with Crippen LogP contribution in [0.25, 0.3) is 0 Å². The molecule has 0 bridgehead atoms. The standard InChI is InChI=1S/C20H18ClFN2O4S2/c1-24(14-15-5-3-2-4-6-15)30(27,28)17-9-7-16(8-10-17)23-29(25,26)18-11-12-20(22)19(21)13-18/h2-13,23H,14H2,1H3. The van der Waals surface area contributed by atoms with Crippen molar-refractivity contribution in [2.75, 3.05) is 11.8 Å². The van der Waals surface area contributed by atoms with E-state index in [1.54, 1.807) is 0 Å². The van der Waals surface area contributed by atoms with Gasteiger partial charge in [0.15, 0.2) is 0 Å². The topological polar surface area (TPSA) is 83.6 Å². The number of hydrogen-bond donors (Lipinski definition) is 1. The van der Waals surface area contributed by atoms with Gasteiger partial charge in [0.25, 0.3) is 10.0 Å². The molecule has 0 fully saturated rings. The zero-order chi connectivity index (χ0) is 21.9. The number of nitrogens with zero attached hydrogens (tertiary/aromatic N) is 1. The summed E-state index contributed by atoms with van der Waals surface area (Å²) >= 11 is 5.64. The van der Waals surface area contributed by atoms with Gasteiger partial charge < -0.3 is 0 Å². The van der Waals surface area contributed by atoms with Gasteiger partial charge in [-0.3, -0.25) is 4.72 Å². The van der Waals surface area contributed by atoms with E-state index in [0.717, 1.165) is 23.8 Å². The Kier molecular flexibility index (Phi) is 6.47. The van der Waals surface area contributed by atoms with Crippen LogP contribution in [0.1, 0.15) is 5.56 Å². The maximum Gasteiger partial charge on any atom is 0.261 e. The van der Waals surface area contributed by atoms with E-state index in [1.807, 2.05) is 30.3 Å². The van der Waals surface area contributed by atoms with E-state index in [2.05, 4.69) is 4.72 Å². The zero-order valence-corrected chi connectivity index (χ0v) is 18.2. The van der Waals surface area contributed by atoms with E-state index < -0.39 is 25.9 Å². The first-order chi connectivity index (χ1) is 14.1. The summed E-state index contributed by atoms with van der Waals surface area (Å²) in [5, 5.41) is -0.319. The van der Waals surface area contributed by atoms with Gasteiger partial charge in [-0.25, -0.2) is 21.2 Å². The van der Waals surface area contributed by atoms with Crippen LogP contribution in [0.3, 0.4) is 0 Å². The highest BCUT2D eigenvalue weighted by molar-refractivity contribution is 7.92. The van der Waals surface area contributed by atoms with Crippen molar-refractivity contribution in [3.63, 3.8) is 0 Å². The summed E-state index contributed by atoms with van der Waals surface area (Å²) in [6.45, 7) is 0.197. The molecule has 1 N–H and O–H groups in total. The van der Waals surface area contributed by atoms with Crippen molar-refractivity contribution < 1.29 is 21.2 Å². The van der Waals surface area contributed by atoms with Crippen LogP contribution in [0.15, 0.2) is 82.6 Å². The van der Waals surface area contributed by atoms with Gasteiger partial charge in [-0.05, 0) is 48.0 Å². The average molecular weight is 469 g/mol. The fraction of sp³-hybridized carbons (Fsp3) is 0.100. The van der Waals surface area contributed by atoms with E-state index in [-0.39, 0.29) is 27.0 Å². The number of nitrogens with one attached hydrogen (secondary N) is 1. The summed E-state index contributed by atoms with van der Waals surface area (Å²) in [5.41, 5.74) is 0.992. The molecule has 0 saturated heterocycles. The molecule has 0 heterocycles. The summed E-state index contributed by atoms with van der Waals surface area (Å²) in [5.74, 6) is -0.732. The third-order valence-corrected chi connectivity index (χ3v) is 7.75. The summed E-state index contributed by atoms with van der Waals surface area (Å²) in [6.07, 6.45) is 0.